The first-order valence-electron chi connectivity index (χ1n) is 5.16. The van der Waals surface area contributed by atoms with E-state index in [0.29, 0.717) is 11.4 Å². The van der Waals surface area contributed by atoms with E-state index in [9.17, 15) is 0 Å². The number of nitrogens with one attached hydrogen (secondary N) is 2. The molecule has 0 aliphatic heterocycles. The summed E-state index contributed by atoms with van der Waals surface area (Å²) in [7, 11) is 0. The zero-order valence-corrected chi connectivity index (χ0v) is 9.59. The fourth-order valence-electron chi connectivity index (χ4n) is 1.37. The summed E-state index contributed by atoms with van der Waals surface area (Å²) in [4.78, 5) is 4.10. The molecule has 0 saturated heterocycles. The molecule has 5 heteroatoms. The van der Waals surface area contributed by atoms with Gasteiger partial charge in [0.15, 0.2) is 0 Å². The van der Waals surface area contributed by atoms with Crippen LogP contribution in [0.4, 0.5) is 0 Å². The topological polar surface area (TPSA) is 53.7 Å². The largest absolute Gasteiger partial charge is 0.494 e. The molecule has 2 rings (SSSR count). The SMILES string of the molecule is S=c1nc(CCCOc2ccccc2)[nH][nH]1. The number of aromatic amines is 2. The molecule has 0 spiro atoms. The monoisotopic (exact) mass is 235 g/mol. The molecule has 0 aliphatic carbocycles. The molecular weight excluding hydrogens is 222 g/mol. The van der Waals surface area contributed by atoms with Crippen molar-refractivity contribution in [2.75, 3.05) is 6.61 Å². The Morgan fingerprint density at radius 1 is 1.19 bits per heavy atom. The number of nitrogens with zero attached hydrogens (tertiary/aromatic N) is 1. The van der Waals surface area contributed by atoms with Gasteiger partial charge in [0.1, 0.15) is 11.6 Å². The molecule has 0 unspecified atom stereocenters. The molecule has 1 heterocycles. The number of rotatable bonds is 5. The van der Waals surface area contributed by atoms with Crippen LogP contribution in [0.3, 0.4) is 0 Å². The highest BCUT2D eigenvalue weighted by Gasteiger charge is 1.97. The molecule has 0 atom stereocenters. The van der Waals surface area contributed by atoms with Gasteiger partial charge in [0, 0.05) is 6.42 Å². The Labute approximate surface area is 98.7 Å². The molecule has 0 amide bonds. The molecule has 16 heavy (non-hydrogen) atoms. The van der Waals surface area contributed by atoms with E-state index < -0.39 is 0 Å². The maximum atomic E-state index is 5.56. The third kappa shape index (κ3) is 3.20. The minimum Gasteiger partial charge on any atom is -0.494 e. The highest BCUT2D eigenvalue weighted by Crippen LogP contribution is 2.08. The molecule has 0 radical (unpaired) electrons. The van der Waals surface area contributed by atoms with Crippen LogP contribution < -0.4 is 4.74 Å². The molecule has 84 valence electrons. The smallest absolute Gasteiger partial charge is 0.213 e. The highest BCUT2D eigenvalue weighted by atomic mass is 32.1. The van der Waals surface area contributed by atoms with Gasteiger partial charge in [0.25, 0.3) is 0 Å². The van der Waals surface area contributed by atoms with Crippen LogP contribution >= 0.6 is 12.2 Å². The van der Waals surface area contributed by atoms with Crippen LogP contribution in [0.25, 0.3) is 0 Å². The van der Waals surface area contributed by atoms with Crippen LogP contribution in [0.2, 0.25) is 0 Å². The van der Waals surface area contributed by atoms with Gasteiger partial charge in [-0.3, -0.25) is 10.2 Å². The van der Waals surface area contributed by atoms with E-state index in [1.54, 1.807) is 0 Å². The van der Waals surface area contributed by atoms with Gasteiger partial charge in [-0.1, -0.05) is 18.2 Å². The number of benzene rings is 1. The quantitative estimate of drug-likeness (QED) is 0.618. The molecule has 0 saturated carbocycles. The van der Waals surface area contributed by atoms with Gasteiger partial charge in [-0.05, 0) is 30.8 Å². The Balaban J connectivity index is 1.71. The van der Waals surface area contributed by atoms with Crippen LogP contribution in [-0.2, 0) is 6.42 Å². The average Bonchev–Trinajstić information content (AvgIpc) is 2.72. The third-order valence-corrected chi connectivity index (χ3v) is 2.31. The second-order valence-corrected chi connectivity index (χ2v) is 3.77. The summed E-state index contributed by atoms with van der Waals surface area (Å²) in [6.45, 7) is 0.678. The molecule has 2 N–H and O–H groups in total. The number of para-hydroxylation sites is 1. The first-order chi connectivity index (χ1) is 7.84. The molecular formula is C11H13N3OS. The van der Waals surface area contributed by atoms with Crippen molar-refractivity contribution in [3.8, 4) is 5.75 Å². The molecule has 0 fully saturated rings. The van der Waals surface area contributed by atoms with Gasteiger partial charge in [-0.15, -0.1) is 0 Å². The van der Waals surface area contributed by atoms with Crippen molar-refractivity contribution >= 4 is 12.2 Å². The predicted octanol–water partition coefficient (Wildman–Crippen LogP) is 2.48. The van der Waals surface area contributed by atoms with Crippen LogP contribution in [0.1, 0.15) is 12.2 Å². The summed E-state index contributed by atoms with van der Waals surface area (Å²) in [6, 6.07) is 9.78. The second-order valence-electron chi connectivity index (χ2n) is 3.38. The summed E-state index contributed by atoms with van der Waals surface area (Å²) >= 11 is 4.86. The number of hydrogen-bond acceptors (Lipinski definition) is 3. The van der Waals surface area contributed by atoms with Crippen molar-refractivity contribution in [3.63, 3.8) is 0 Å². The second kappa shape index (κ2) is 5.46. The first-order valence-corrected chi connectivity index (χ1v) is 5.57. The lowest BCUT2D eigenvalue weighted by molar-refractivity contribution is 0.310. The van der Waals surface area contributed by atoms with E-state index in [1.807, 2.05) is 30.3 Å². The van der Waals surface area contributed by atoms with Crippen molar-refractivity contribution in [2.24, 2.45) is 0 Å². The summed E-state index contributed by atoms with van der Waals surface area (Å²) in [5.41, 5.74) is 0. The Kier molecular flexibility index (Phi) is 3.71. The Bertz CT molecular complexity index is 477. The van der Waals surface area contributed by atoms with E-state index in [2.05, 4.69) is 15.2 Å². The number of ether oxygens (including phenoxy) is 1. The van der Waals surface area contributed by atoms with Crippen molar-refractivity contribution in [1.82, 2.24) is 15.2 Å². The Hall–Kier alpha value is -1.62. The number of hydrogen-bond donors (Lipinski definition) is 2. The predicted molar refractivity (Wildman–Crippen MR) is 64.0 cm³/mol. The summed E-state index contributed by atoms with van der Waals surface area (Å²) in [6.07, 6.45) is 1.74. The fraction of sp³-hybridized carbons (Fsp3) is 0.273. The number of aromatic nitrogens is 3. The highest BCUT2D eigenvalue weighted by molar-refractivity contribution is 7.71. The van der Waals surface area contributed by atoms with E-state index in [-0.39, 0.29) is 0 Å². The molecule has 4 nitrogen and oxygen atoms in total. The van der Waals surface area contributed by atoms with E-state index in [1.165, 1.54) is 0 Å². The minimum absolute atomic E-state index is 0.499. The zero-order valence-electron chi connectivity index (χ0n) is 8.77. The Morgan fingerprint density at radius 3 is 2.69 bits per heavy atom. The van der Waals surface area contributed by atoms with Crippen molar-refractivity contribution < 1.29 is 4.74 Å². The van der Waals surface area contributed by atoms with E-state index in [0.717, 1.165) is 24.4 Å². The van der Waals surface area contributed by atoms with Gasteiger partial charge in [-0.2, -0.15) is 0 Å². The van der Waals surface area contributed by atoms with Crippen LogP contribution in [0.5, 0.6) is 5.75 Å². The zero-order chi connectivity index (χ0) is 11.2. The average molecular weight is 235 g/mol. The molecule has 1 aromatic carbocycles. The lowest BCUT2D eigenvalue weighted by Crippen LogP contribution is -2.00. The lowest BCUT2D eigenvalue weighted by atomic mass is 10.3. The first kappa shape index (κ1) is 10.9. The normalized spacial score (nSPS) is 10.2. The standard InChI is InChI=1S/C11H13N3OS/c16-11-12-10(13-14-11)7-4-8-15-9-5-2-1-3-6-9/h1-3,5-6H,4,7-8H2,(H2,12,13,14,16). The third-order valence-electron chi connectivity index (χ3n) is 2.12. The summed E-state index contributed by atoms with van der Waals surface area (Å²) in [5, 5.41) is 5.67. The molecule has 0 aliphatic rings. The summed E-state index contributed by atoms with van der Waals surface area (Å²) < 4.78 is 6.06. The number of H-pyrrole nitrogens is 2. The summed E-state index contributed by atoms with van der Waals surface area (Å²) in [5.74, 6) is 1.78. The van der Waals surface area contributed by atoms with E-state index >= 15 is 0 Å². The maximum Gasteiger partial charge on any atom is 0.213 e. The Morgan fingerprint density at radius 2 is 2.00 bits per heavy atom. The van der Waals surface area contributed by atoms with Crippen LogP contribution in [0, 0.1) is 4.77 Å². The lowest BCUT2D eigenvalue weighted by Gasteiger charge is -2.04. The van der Waals surface area contributed by atoms with Gasteiger partial charge >= 0.3 is 0 Å². The van der Waals surface area contributed by atoms with Gasteiger partial charge < -0.3 is 4.74 Å². The van der Waals surface area contributed by atoms with E-state index in [4.69, 9.17) is 17.0 Å². The van der Waals surface area contributed by atoms with Gasteiger partial charge in [0.2, 0.25) is 4.77 Å². The molecule has 1 aromatic heterocycles. The van der Waals surface area contributed by atoms with Crippen LogP contribution in [-0.4, -0.2) is 21.8 Å². The van der Waals surface area contributed by atoms with Crippen molar-refractivity contribution in [3.05, 3.63) is 40.9 Å². The van der Waals surface area contributed by atoms with Crippen LogP contribution in [0.15, 0.2) is 30.3 Å². The molecule has 2 aromatic rings. The van der Waals surface area contributed by atoms with Gasteiger partial charge in [-0.25, -0.2) is 4.98 Å². The maximum absolute atomic E-state index is 5.56. The minimum atomic E-state index is 0.499. The molecule has 0 bridgehead atoms. The van der Waals surface area contributed by atoms with Crippen molar-refractivity contribution in [1.29, 1.82) is 0 Å². The number of aryl methyl sites for hydroxylation is 1. The van der Waals surface area contributed by atoms with Gasteiger partial charge in [0.05, 0.1) is 6.61 Å². The van der Waals surface area contributed by atoms with Crippen molar-refractivity contribution in [2.45, 2.75) is 12.8 Å². The fourth-order valence-corrected chi connectivity index (χ4v) is 1.53.